The molecule has 0 bridgehead atoms. The third-order valence-electron chi connectivity index (χ3n) is 3.19. The summed E-state index contributed by atoms with van der Waals surface area (Å²) in [5, 5.41) is 0. The van der Waals surface area contributed by atoms with Crippen molar-refractivity contribution >= 4 is 23.1 Å². The molecule has 1 rings (SSSR count). The first kappa shape index (κ1) is 15.6. The Morgan fingerprint density at radius 2 is 1.89 bits per heavy atom. The topological polar surface area (TPSA) is 46.3 Å². The highest BCUT2D eigenvalue weighted by Crippen LogP contribution is 2.14. The molecule has 2 N–H and O–H groups in total. The lowest BCUT2D eigenvalue weighted by Gasteiger charge is -2.25. The molecule has 0 spiro atoms. The Morgan fingerprint density at radius 3 is 2.37 bits per heavy atom. The summed E-state index contributed by atoms with van der Waals surface area (Å²) in [6.07, 6.45) is 0.839. The molecule has 1 aromatic carbocycles. The molecule has 0 aliphatic carbocycles. The van der Waals surface area contributed by atoms with Crippen LogP contribution in [0.4, 0.5) is 0 Å². The summed E-state index contributed by atoms with van der Waals surface area (Å²) in [7, 11) is 1.80. The third kappa shape index (κ3) is 4.63. The van der Waals surface area contributed by atoms with Gasteiger partial charge < -0.3 is 10.6 Å². The van der Waals surface area contributed by atoms with Gasteiger partial charge in [-0.3, -0.25) is 4.79 Å². The van der Waals surface area contributed by atoms with Gasteiger partial charge in [0.2, 0.25) is 5.91 Å². The molecular formula is C15H22N2OS. The minimum atomic E-state index is -0.365. The predicted molar refractivity (Wildman–Crippen MR) is 82.9 cm³/mol. The maximum absolute atomic E-state index is 12.3. The number of carbonyl (C=O) groups excluding carboxylic acids is 1. The number of rotatable bonds is 6. The van der Waals surface area contributed by atoms with Crippen LogP contribution in [0.2, 0.25) is 0 Å². The summed E-state index contributed by atoms with van der Waals surface area (Å²) >= 11 is 5.00. The van der Waals surface area contributed by atoms with Gasteiger partial charge in [0.15, 0.2) is 0 Å². The lowest BCUT2D eigenvalue weighted by molar-refractivity contribution is -0.133. The summed E-state index contributed by atoms with van der Waals surface area (Å²) in [4.78, 5) is 14.3. The molecule has 1 amide bonds. The van der Waals surface area contributed by atoms with Crippen LogP contribution >= 0.6 is 12.2 Å². The zero-order valence-corrected chi connectivity index (χ0v) is 12.6. The Labute approximate surface area is 120 Å². The van der Waals surface area contributed by atoms with E-state index >= 15 is 0 Å². The average molecular weight is 278 g/mol. The number of nitrogens with zero attached hydrogens (tertiary/aromatic N) is 1. The summed E-state index contributed by atoms with van der Waals surface area (Å²) in [6.45, 7) is 4.61. The first-order valence-electron chi connectivity index (χ1n) is 6.51. The van der Waals surface area contributed by atoms with E-state index in [1.54, 1.807) is 11.9 Å². The van der Waals surface area contributed by atoms with Crippen LogP contribution in [0.3, 0.4) is 0 Å². The number of hydrogen-bond donors (Lipinski definition) is 1. The largest absolute Gasteiger partial charge is 0.393 e. The van der Waals surface area contributed by atoms with E-state index < -0.39 is 0 Å². The first-order chi connectivity index (χ1) is 8.93. The quantitative estimate of drug-likeness (QED) is 0.812. The van der Waals surface area contributed by atoms with Crippen LogP contribution < -0.4 is 5.73 Å². The van der Waals surface area contributed by atoms with E-state index in [2.05, 4.69) is 12.1 Å². The number of likely N-dealkylation sites (N-methyl/N-ethyl adjacent to an activating group) is 1. The normalized spacial score (nSPS) is 12.2. The van der Waals surface area contributed by atoms with E-state index in [4.69, 9.17) is 18.0 Å². The van der Waals surface area contributed by atoms with Crippen molar-refractivity contribution < 1.29 is 4.79 Å². The van der Waals surface area contributed by atoms with Gasteiger partial charge in [-0.15, -0.1) is 0 Å². The number of thiocarbonyl (C=S) groups is 1. The number of benzene rings is 1. The Balaban J connectivity index is 2.59. The highest BCUT2D eigenvalue weighted by Gasteiger charge is 2.27. The minimum Gasteiger partial charge on any atom is -0.393 e. The number of amides is 1. The average Bonchev–Trinajstić information content (AvgIpc) is 2.36. The van der Waals surface area contributed by atoms with Gasteiger partial charge in [-0.2, -0.15) is 0 Å². The van der Waals surface area contributed by atoms with Crippen LogP contribution in [0, 0.1) is 11.8 Å². The second kappa shape index (κ2) is 7.24. The molecule has 0 aliphatic heterocycles. The van der Waals surface area contributed by atoms with Crippen LogP contribution in [0.5, 0.6) is 0 Å². The molecule has 1 atom stereocenters. The second-order valence-electron chi connectivity index (χ2n) is 5.12. The fraction of sp³-hybridized carbons (Fsp3) is 0.467. The molecule has 0 saturated carbocycles. The Morgan fingerprint density at radius 1 is 1.32 bits per heavy atom. The molecule has 0 radical (unpaired) electrons. The number of carbonyl (C=O) groups is 1. The molecule has 1 aromatic rings. The maximum atomic E-state index is 12.3. The monoisotopic (exact) mass is 278 g/mol. The molecule has 104 valence electrons. The lowest BCUT2D eigenvalue weighted by atomic mass is 9.94. The van der Waals surface area contributed by atoms with Crippen LogP contribution in [-0.2, 0) is 11.2 Å². The van der Waals surface area contributed by atoms with Crippen molar-refractivity contribution in [2.24, 2.45) is 17.6 Å². The number of nitrogens with two attached hydrogens (primary N) is 1. The van der Waals surface area contributed by atoms with Gasteiger partial charge >= 0.3 is 0 Å². The van der Waals surface area contributed by atoms with Gasteiger partial charge in [0.05, 0.1) is 10.9 Å². The molecule has 0 aromatic heterocycles. The third-order valence-corrected chi connectivity index (χ3v) is 3.45. The predicted octanol–water partition coefficient (Wildman–Crippen LogP) is 2.25. The molecule has 0 aliphatic rings. The molecule has 19 heavy (non-hydrogen) atoms. The summed E-state index contributed by atoms with van der Waals surface area (Å²) in [5.41, 5.74) is 6.89. The van der Waals surface area contributed by atoms with Crippen LogP contribution in [0.1, 0.15) is 19.4 Å². The second-order valence-corrected chi connectivity index (χ2v) is 5.59. The van der Waals surface area contributed by atoms with Gasteiger partial charge in [0.1, 0.15) is 0 Å². The summed E-state index contributed by atoms with van der Waals surface area (Å²) < 4.78 is 0. The van der Waals surface area contributed by atoms with E-state index in [-0.39, 0.29) is 22.7 Å². The SMILES string of the molecule is CC(C)C(C(=O)N(C)CCc1ccccc1)C(N)=S. The van der Waals surface area contributed by atoms with Gasteiger partial charge in [0.25, 0.3) is 0 Å². The first-order valence-corrected chi connectivity index (χ1v) is 6.92. The number of hydrogen-bond acceptors (Lipinski definition) is 2. The molecule has 3 nitrogen and oxygen atoms in total. The van der Waals surface area contributed by atoms with Gasteiger partial charge in [0, 0.05) is 13.6 Å². The highest BCUT2D eigenvalue weighted by molar-refractivity contribution is 7.80. The van der Waals surface area contributed by atoms with E-state index in [1.165, 1.54) is 5.56 Å². The maximum Gasteiger partial charge on any atom is 0.232 e. The lowest BCUT2D eigenvalue weighted by Crippen LogP contribution is -2.42. The van der Waals surface area contributed by atoms with Crippen LogP contribution in [-0.4, -0.2) is 29.4 Å². The van der Waals surface area contributed by atoms with Crippen molar-refractivity contribution in [2.75, 3.05) is 13.6 Å². The smallest absolute Gasteiger partial charge is 0.232 e. The standard InChI is InChI=1S/C15H22N2OS/c1-11(2)13(14(16)19)15(18)17(3)10-9-12-7-5-4-6-8-12/h4-8,11,13H,9-10H2,1-3H3,(H2,16,19). The van der Waals surface area contributed by atoms with E-state index in [9.17, 15) is 4.79 Å². The van der Waals surface area contributed by atoms with Crippen molar-refractivity contribution in [3.05, 3.63) is 35.9 Å². The van der Waals surface area contributed by atoms with Crippen LogP contribution in [0.15, 0.2) is 30.3 Å². The van der Waals surface area contributed by atoms with E-state index in [0.29, 0.717) is 6.54 Å². The molecular weight excluding hydrogens is 256 g/mol. The van der Waals surface area contributed by atoms with Gasteiger partial charge in [-0.05, 0) is 17.9 Å². The van der Waals surface area contributed by atoms with Crippen molar-refractivity contribution in [3.8, 4) is 0 Å². The van der Waals surface area contributed by atoms with Crippen molar-refractivity contribution in [1.82, 2.24) is 4.90 Å². The fourth-order valence-electron chi connectivity index (χ4n) is 2.02. The summed E-state index contributed by atoms with van der Waals surface area (Å²) in [5.74, 6) is -0.224. The van der Waals surface area contributed by atoms with E-state index in [1.807, 2.05) is 32.0 Å². The van der Waals surface area contributed by atoms with E-state index in [0.717, 1.165) is 6.42 Å². The molecule has 4 heteroatoms. The zero-order chi connectivity index (χ0) is 14.4. The van der Waals surface area contributed by atoms with Crippen molar-refractivity contribution in [1.29, 1.82) is 0 Å². The molecule has 0 saturated heterocycles. The molecule has 0 heterocycles. The van der Waals surface area contributed by atoms with Gasteiger partial charge in [-0.1, -0.05) is 56.4 Å². The van der Waals surface area contributed by atoms with Gasteiger partial charge in [-0.25, -0.2) is 0 Å². The zero-order valence-electron chi connectivity index (χ0n) is 11.8. The Bertz CT molecular complexity index is 431. The highest BCUT2D eigenvalue weighted by atomic mass is 32.1. The molecule has 1 unspecified atom stereocenters. The van der Waals surface area contributed by atoms with Crippen molar-refractivity contribution in [2.45, 2.75) is 20.3 Å². The Hall–Kier alpha value is -1.42. The molecule has 0 fully saturated rings. The fourth-order valence-corrected chi connectivity index (χ4v) is 2.40. The van der Waals surface area contributed by atoms with Crippen LogP contribution in [0.25, 0.3) is 0 Å². The minimum absolute atomic E-state index is 0.0124. The summed E-state index contributed by atoms with van der Waals surface area (Å²) in [6, 6.07) is 10.1. The van der Waals surface area contributed by atoms with Crippen molar-refractivity contribution in [3.63, 3.8) is 0 Å². The Kier molecular flexibility index (Phi) is 5.96.